The van der Waals surface area contributed by atoms with E-state index < -0.39 is 17.3 Å². The van der Waals surface area contributed by atoms with E-state index in [1.165, 1.54) is 23.1 Å². The molecule has 1 aliphatic rings. The number of β-amino-alcohol motifs (C(OH)–C–C–N with tert-alkyl or cyclic N) is 1. The Kier molecular flexibility index (Phi) is 3.18. The number of hydrogen-bond donors (Lipinski definition) is 1. The largest absolute Gasteiger partial charge is 0.458 e. The highest BCUT2D eigenvalue weighted by atomic mass is 19.1. The van der Waals surface area contributed by atoms with Crippen molar-refractivity contribution in [3.8, 4) is 0 Å². The molecule has 5 nitrogen and oxygen atoms in total. The fourth-order valence-corrected chi connectivity index (χ4v) is 2.44. The van der Waals surface area contributed by atoms with Crippen LogP contribution in [0.1, 0.15) is 26.5 Å². The topological polar surface area (TPSA) is 62.9 Å². The van der Waals surface area contributed by atoms with Crippen molar-refractivity contribution >= 4 is 17.1 Å². The van der Waals surface area contributed by atoms with E-state index in [-0.39, 0.29) is 18.9 Å². The standard InChI is InChI=1S/C16H18FNO4/c1-15(2,3)22-14(19)18-8-16(20,9-18)13-7-10-6-11(17)4-5-12(10)21-13/h4-7,20H,8-9H2,1-3H3. The molecule has 0 spiro atoms. The number of hydrogen-bond acceptors (Lipinski definition) is 4. The molecule has 1 aromatic heterocycles. The molecule has 6 heteroatoms. The molecule has 1 aromatic carbocycles. The molecule has 1 amide bonds. The summed E-state index contributed by atoms with van der Waals surface area (Å²) in [6, 6.07) is 5.76. The number of halogens is 1. The molecule has 0 bridgehead atoms. The van der Waals surface area contributed by atoms with Gasteiger partial charge in [0.05, 0.1) is 13.1 Å². The SMILES string of the molecule is CC(C)(C)OC(=O)N1CC(O)(c2cc3cc(F)ccc3o2)C1. The van der Waals surface area contributed by atoms with Gasteiger partial charge in [-0.2, -0.15) is 0 Å². The van der Waals surface area contributed by atoms with Crippen LogP contribution in [0.5, 0.6) is 0 Å². The van der Waals surface area contributed by atoms with Gasteiger partial charge in [-0.15, -0.1) is 0 Å². The number of ether oxygens (including phenoxy) is 1. The van der Waals surface area contributed by atoms with Crippen LogP contribution >= 0.6 is 0 Å². The number of rotatable bonds is 1. The summed E-state index contributed by atoms with van der Waals surface area (Å²) in [6.45, 7) is 5.52. The first-order valence-corrected chi connectivity index (χ1v) is 7.06. The van der Waals surface area contributed by atoms with E-state index in [1.807, 2.05) is 0 Å². The van der Waals surface area contributed by atoms with Gasteiger partial charge in [-0.25, -0.2) is 9.18 Å². The van der Waals surface area contributed by atoms with Crippen molar-refractivity contribution in [1.29, 1.82) is 0 Å². The van der Waals surface area contributed by atoms with Crippen molar-refractivity contribution in [2.24, 2.45) is 0 Å². The van der Waals surface area contributed by atoms with Crippen LogP contribution in [0.15, 0.2) is 28.7 Å². The fraction of sp³-hybridized carbons (Fsp3) is 0.438. The molecule has 2 aromatic rings. The number of amides is 1. The highest BCUT2D eigenvalue weighted by molar-refractivity contribution is 5.78. The molecule has 2 heterocycles. The van der Waals surface area contributed by atoms with Gasteiger partial charge in [0.1, 0.15) is 22.8 Å². The lowest BCUT2D eigenvalue weighted by Crippen LogP contribution is -2.61. The Morgan fingerprint density at radius 2 is 2.05 bits per heavy atom. The third-order valence-corrected chi connectivity index (χ3v) is 3.49. The average molecular weight is 307 g/mol. The molecule has 1 aliphatic heterocycles. The Balaban J connectivity index is 1.74. The van der Waals surface area contributed by atoms with Crippen LogP contribution in [-0.2, 0) is 10.3 Å². The van der Waals surface area contributed by atoms with E-state index in [1.54, 1.807) is 26.8 Å². The minimum atomic E-state index is -1.26. The number of nitrogens with zero attached hydrogens (tertiary/aromatic N) is 1. The van der Waals surface area contributed by atoms with E-state index in [0.29, 0.717) is 16.7 Å². The Bertz CT molecular complexity index is 725. The van der Waals surface area contributed by atoms with Crippen LogP contribution in [-0.4, -0.2) is 34.8 Å². The molecule has 0 saturated carbocycles. The van der Waals surface area contributed by atoms with Crippen LogP contribution < -0.4 is 0 Å². The maximum atomic E-state index is 13.2. The van der Waals surface area contributed by atoms with Gasteiger partial charge in [0, 0.05) is 5.39 Å². The zero-order valence-electron chi connectivity index (χ0n) is 12.7. The second-order valence-corrected chi connectivity index (χ2v) is 6.66. The summed E-state index contributed by atoms with van der Waals surface area (Å²) in [5, 5.41) is 11.1. The molecule has 118 valence electrons. The zero-order valence-corrected chi connectivity index (χ0v) is 12.7. The number of benzene rings is 1. The molecule has 1 saturated heterocycles. The lowest BCUT2D eigenvalue weighted by atomic mass is 9.91. The van der Waals surface area contributed by atoms with E-state index >= 15 is 0 Å². The third-order valence-electron chi connectivity index (χ3n) is 3.49. The lowest BCUT2D eigenvalue weighted by molar-refractivity contribution is -0.114. The summed E-state index contributed by atoms with van der Waals surface area (Å²) >= 11 is 0. The highest BCUT2D eigenvalue weighted by Gasteiger charge is 2.48. The number of fused-ring (bicyclic) bond motifs is 1. The first kappa shape index (κ1) is 14.8. The first-order valence-electron chi connectivity index (χ1n) is 7.06. The Labute approximate surface area is 127 Å². The predicted molar refractivity (Wildman–Crippen MR) is 77.9 cm³/mol. The van der Waals surface area contributed by atoms with Crippen LogP contribution in [0.25, 0.3) is 11.0 Å². The zero-order chi connectivity index (χ0) is 16.1. The van der Waals surface area contributed by atoms with Crippen molar-refractivity contribution in [3.05, 3.63) is 35.8 Å². The molecule has 1 fully saturated rings. The van der Waals surface area contributed by atoms with Crippen LogP contribution in [0.4, 0.5) is 9.18 Å². The van der Waals surface area contributed by atoms with Crippen LogP contribution in [0.2, 0.25) is 0 Å². The normalized spacial score (nSPS) is 17.4. The van der Waals surface area contributed by atoms with E-state index in [9.17, 15) is 14.3 Å². The van der Waals surface area contributed by atoms with Gasteiger partial charge < -0.3 is 19.2 Å². The Morgan fingerprint density at radius 1 is 1.36 bits per heavy atom. The number of furan rings is 1. The van der Waals surface area contributed by atoms with Crippen LogP contribution in [0, 0.1) is 5.82 Å². The van der Waals surface area contributed by atoms with E-state index in [2.05, 4.69) is 0 Å². The second kappa shape index (κ2) is 4.71. The van der Waals surface area contributed by atoms with Gasteiger partial charge in [0.2, 0.25) is 0 Å². The molecule has 0 radical (unpaired) electrons. The van der Waals surface area contributed by atoms with Gasteiger partial charge in [0.15, 0.2) is 5.60 Å². The van der Waals surface area contributed by atoms with Crippen molar-refractivity contribution < 1.29 is 23.4 Å². The average Bonchev–Trinajstić information content (AvgIpc) is 2.75. The Morgan fingerprint density at radius 3 is 2.68 bits per heavy atom. The number of likely N-dealkylation sites (tertiary alicyclic amines) is 1. The second-order valence-electron chi connectivity index (χ2n) is 6.66. The third kappa shape index (κ3) is 2.66. The Hall–Kier alpha value is -2.08. The summed E-state index contributed by atoms with van der Waals surface area (Å²) < 4.78 is 24.0. The molecule has 22 heavy (non-hydrogen) atoms. The predicted octanol–water partition coefficient (Wildman–Crippen LogP) is 3.01. The van der Waals surface area contributed by atoms with Gasteiger partial charge in [0.25, 0.3) is 0 Å². The summed E-state index contributed by atoms with van der Waals surface area (Å²) in [5.41, 5.74) is -1.34. The van der Waals surface area contributed by atoms with Gasteiger partial charge in [-0.3, -0.25) is 0 Å². The maximum absolute atomic E-state index is 13.2. The minimum absolute atomic E-state index is 0.0875. The maximum Gasteiger partial charge on any atom is 0.410 e. The first-order chi connectivity index (χ1) is 10.2. The van der Waals surface area contributed by atoms with Gasteiger partial charge in [-0.1, -0.05) is 0 Å². The molecular formula is C16H18FNO4. The van der Waals surface area contributed by atoms with Crippen LogP contribution in [0.3, 0.4) is 0 Å². The quantitative estimate of drug-likeness (QED) is 0.879. The van der Waals surface area contributed by atoms with E-state index in [0.717, 1.165) is 0 Å². The molecular weight excluding hydrogens is 289 g/mol. The molecule has 3 rings (SSSR count). The monoisotopic (exact) mass is 307 g/mol. The molecule has 1 N–H and O–H groups in total. The summed E-state index contributed by atoms with van der Waals surface area (Å²) in [7, 11) is 0. The van der Waals surface area contributed by atoms with Crippen molar-refractivity contribution in [2.45, 2.75) is 32.0 Å². The number of aliphatic hydroxyl groups is 1. The van der Waals surface area contributed by atoms with Crippen molar-refractivity contribution in [1.82, 2.24) is 4.90 Å². The molecule has 0 unspecified atom stereocenters. The summed E-state index contributed by atoms with van der Waals surface area (Å²) in [6.07, 6.45) is -0.473. The number of carbonyl (C=O) groups excluding carboxylic acids is 1. The lowest BCUT2D eigenvalue weighted by Gasteiger charge is -2.44. The van der Waals surface area contributed by atoms with Crippen molar-refractivity contribution in [3.63, 3.8) is 0 Å². The van der Waals surface area contributed by atoms with E-state index in [4.69, 9.17) is 9.15 Å². The fourth-order valence-electron chi connectivity index (χ4n) is 2.44. The van der Waals surface area contributed by atoms with Gasteiger partial charge >= 0.3 is 6.09 Å². The van der Waals surface area contributed by atoms with Crippen molar-refractivity contribution in [2.75, 3.05) is 13.1 Å². The minimum Gasteiger partial charge on any atom is -0.458 e. The highest BCUT2D eigenvalue weighted by Crippen LogP contribution is 2.36. The smallest absolute Gasteiger partial charge is 0.410 e. The summed E-state index contributed by atoms with van der Waals surface area (Å²) in [4.78, 5) is 13.3. The van der Waals surface area contributed by atoms with Gasteiger partial charge in [-0.05, 0) is 45.0 Å². The number of carbonyl (C=O) groups is 1. The molecule has 0 aliphatic carbocycles. The summed E-state index contributed by atoms with van der Waals surface area (Å²) in [5.74, 6) is -0.0382. The molecule has 0 atom stereocenters.